The van der Waals surface area contributed by atoms with Crippen molar-refractivity contribution in [3.05, 3.63) is 70.6 Å². The average Bonchev–Trinajstić information content (AvgIpc) is 2.78. The highest BCUT2D eigenvalue weighted by atomic mass is 32.2. The van der Waals surface area contributed by atoms with Crippen LogP contribution in [0.2, 0.25) is 0 Å². The van der Waals surface area contributed by atoms with E-state index < -0.39 is 0 Å². The van der Waals surface area contributed by atoms with Gasteiger partial charge in [-0.2, -0.15) is 0 Å². The summed E-state index contributed by atoms with van der Waals surface area (Å²) in [6.45, 7) is 5.99. The van der Waals surface area contributed by atoms with E-state index >= 15 is 0 Å². The first-order chi connectivity index (χ1) is 11.5. The minimum absolute atomic E-state index is 0.216. The highest BCUT2D eigenvalue weighted by Gasteiger charge is 2.40. The zero-order valence-corrected chi connectivity index (χ0v) is 14.8. The lowest BCUT2D eigenvalue weighted by atomic mass is 10.1. The molecule has 1 aliphatic heterocycles. The Balaban J connectivity index is 2.11. The van der Waals surface area contributed by atoms with Gasteiger partial charge >= 0.3 is 0 Å². The topological polar surface area (TPSA) is 37.4 Å². The first-order valence-electron chi connectivity index (χ1n) is 7.91. The van der Waals surface area contributed by atoms with E-state index in [0.717, 1.165) is 11.1 Å². The molecule has 0 fully saturated rings. The van der Waals surface area contributed by atoms with E-state index in [0.29, 0.717) is 16.2 Å². The van der Waals surface area contributed by atoms with Crippen molar-refractivity contribution in [3.63, 3.8) is 0 Å². The normalized spacial score (nSPS) is 14.9. The van der Waals surface area contributed by atoms with Crippen molar-refractivity contribution in [3.8, 4) is 0 Å². The number of carbonyl (C=O) groups excluding carboxylic acids is 2. The molecule has 4 heteroatoms. The fourth-order valence-corrected chi connectivity index (χ4v) is 3.70. The molecule has 0 aromatic heterocycles. The first kappa shape index (κ1) is 16.5. The van der Waals surface area contributed by atoms with E-state index in [1.165, 1.54) is 16.7 Å². The molecule has 0 radical (unpaired) electrons. The summed E-state index contributed by atoms with van der Waals surface area (Å²) < 4.78 is 0. The fourth-order valence-electron chi connectivity index (χ4n) is 2.72. The second-order valence-corrected chi connectivity index (χ2v) is 7.61. The molecule has 2 aromatic rings. The molecule has 2 amide bonds. The number of imide groups is 1. The van der Waals surface area contributed by atoms with Crippen LogP contribution in [0.25, 0.3) is 5.57 Å². The van der Waals surface area contributed by atoms with Gasteiger partial charge in [0.05, 0.1) is 16.2 Å². The number of hydrogen-bond donors (Lipinski definition) is 0. The Morgan fingerprint density at radius 3 is 2.25 bits per heavy atom. The summed E-state index contributed by atoms with van der Waals surface area (Å²) in [5, 5.41) is 0.216. The van der Waals surface area contributed by atoms with E-state index in [9.17, 15) is 9.59 Å². The predicted octanol–water partition coefficient (Wildman–Crippen LogP) is 4.42. The minimum atomic E-state index is -0.250. The number of hydrogen-bond acceptors (Lipinski definition) is 3. The molecule has 122 valence electrons. The van der Waals surface area contributed by atoms with Gasteiger partial charge in [-0.15, -0.1) is 11.8 Å². The molecule has 0 bridgehead atoms. The van der Waals surface area contributed by atoms with E-state index in [2.05, 4.69) is 0 Å². The third kappa shape index (κ3) is 3.02. The van der Waals surface area contributed by atoms with Crippen molar-refractivity contribution in [1.82, 2.24) is 0 Å². The number of carbonyl (C=O) groups is 2. The number of thioether (sulfide) groups is 1. The lowest BCUT2D eigenvalue weighted by Gasteiger charge is -2.16. The van der Waals surface area contributed by atoms with Crippen molar-refractivity contribution in [2.24, 2.45) is 0 Å². The maximum absolute atomic E-state index is 13.1. The Labute approximate surface area is 146 Å². The maximum Gasteiger partial charge on any atom is 0.272 e. The van der Waals surface area contributed by atoms with Crippen molar-refractivity contribution in [2.45, 2.75) is 26.0 Å². The van der Waals surface area contributed by atoms with Crippen LogP contribution in [0.4, 0.5) is 5.69 Å². The fraction of sp³-hybridized carbons (Fsp3) is 0.200. The third-order valence-electron chi connectivity index (χ3n) is 3.72. The van der Waals surface area contributed by atoms with Gasteiger partial charge in [0.2, 0.25) is 0 Å². The van der Waals surface area contributed by atoms with Gasteiger partial charge in [-0.3, -0.25) is 9.59 Å². The van der Waals surface area contributed by atoms with Crippen molar-refractivity contribution >= 4 is 34.8 Å². The van der Waals surface area contributed by atoms with Crippen LogP contribution >= 0.6 is 11.8 Å². The highest BCUT2D eigenvalue weighted by molar-refractivity contribution is 8.04. The Hall–Kier alpha value is -2.33. The molecule has 2 aromatic carbocycles. The van der Waals surface area contributed by atoms with Gasteiger partial charge in [0.1, 0.15) is 0 Å². The monoisotopic (exact) mass is 337 g/mol. The number of amides is 2. The molecule has 0 aliphatic carbocycles. The molecular weight excluding hydrogens is 318 g/mol. The van der Waals surface area contributed by atoms with E-state index in [1.807, 2.05) is 69.3 Å². The van der Waals surface area contributed by atoms with Gasteiger partial charge < -0.3 is 0 Å². The van der Waals surface area contributed by atoms with Crippen LogP contribution in [0.1, 0.15) is 25.0 Å². The van der Waals surface area contributed by atoms with Crippen LogP contribution < -0.4 is 4.90 Å². The minimum Gasteiger partial charge on any atom is -0.268 e. The highest BCUT2D eigenvalue weighted by Crippen LogP contribution is 2.39. The molecule has 0 saturated heterocycles. The first-order valence-corrected chi connectivity index (χ1v) is 8.79. The Morgan fingerprint density at radius 1 is 0.917 bits per heavy atom. The molecule has 0 spiro atoms. The molecule has 24 heavy (non-hydrogen) atoms. The second kappa shape index (κ2) is 6.65. The maximum atomic E-state index is 13.1. The predicted molar refractivity (Wildman–Crippen MR) is 99.8 cm³/mol. The molecule has 0 unspecified atom stereocenters. The second-order valence-electron chi connectivity index (χ2n) is 6.02. The molecule has 3 rings (SSSR count). The summed E-state index contributed by atoms with van der Waals surface area (Å²) in [5.74, 6) is -0.483. The van der Waals surface area contributed by atoms with E-state index in [-0.39, 0.29) is 17.1 Å². The Kier molecular flexibility index (Phi) is 4.58. The molecule has 0 saturated carbocycles. The summed E-state index contributed by atoms with van der Waals surface area (Å²) in [5.41, 5.74) is 2.92. The molecule has 1 aliphatic rings. The van der Waals surface area contributed by atoms with Gasteiger partial charge in [-0.05, 0) is 30.2 Å². The summed E-state index contributed by atoms with van der Waals surface area (Å²) >= 11 is 1.45. The Morgan fingerprint density at radius 2 is 1.62 bits per heavy atom. The van der Waals surface area contributed by atoms with Crippen LogP contribution in [-0.4, -0.2) is 17.1 Å². The van der Waals surface area contributed by atoms with Crippen molar-refractivity contribution in [2.75, 3.05) is 4.90 Å². The van der Waals surface area contributed by atoms with Gasteiger partial charge in [-0.25, -0.2) is 4.90 Å². The number of rotatable bonds is 4. The summed E-state index contributed by atoms with van der Waals surface area (Å²) in [6.07, 6.45) is 0. The standard InChI is InChI=1S/C20H19NO2S/c1-13(2)24-18-17(15-9-5-4-6-10-15)19(22)21(20(18)23)16-11-7-8-14(3)12-16/h4-13H,1-3H3. The molecule has 0 N–H and O–H groups in total. The van der Waals surface area contributed by atoms with Gasteiger partial charge in [0, 0.05) is 5.25 Å². The summed E-state index contributed by atoms with van der Waals surface area (Å²) in [4.78, 5) is 27.8. The molecule has 0 atom stereocenters. The van der Waals surface area contributed by atoms with E-state index in [1.54, 1.807) is 6.07 Å². The summed E-state index contributed by atoms with van der Waals surface area (Å²) in [7, 11) is 0. The quantitative estimate of drug-likeness (QED) is 0.775. The van der Waals surface area contributed by atoms with Crippen LogP contribution in [0, 0.1) is 6.92 Å². The number of benzene rings is 2. The third-order valence-corrected chi connectivity index (χ3v) is 4.80. The van der Waals surface area contributed by atoms with Gasteiger partial charge in [0.25, 0.3) is 11.8 Å². The SMILES string of the molecule is Cc1cccc(N2C(=O)C(SC(C)C)=C(c3ccccc3)C2=O)c1. The van der Waals surface area contributed by atoms with Crippen LogP contribution in [-0.2, 0) is 9.59 Å². The van der Waals surface area contributed by atoms with Gasteiger partial charge in [0.15, 0.2) is 0 Å². The zero-order valence-electron chi connectivity index (χ0n) is 13.9. The largest absolute Gasteiger partial charge is 0.272 e. The van der Waals surface area contributed by atoms with Crippen molar-refractivity contribution in [1.29, 1.82) is 0 Å². The number of aryl methyl sites for hydroxylation is 1. The molecule has 3 nitrogen and oxygen atoms in total. The molecular formula is C20H19NO2S. The average molecular weight is 337 g/mol. The zero-order chi connectivity index (χ0) is 17.3. The van der Waals surface area contributed by atoms with Crippen LogP contribution in [0.3, 0.4) is 0 Å². The smallest absolute Gasteiger partial charge is 0.268 e. The summed E-state index contributed by atoms with van der Waals surface area (Å²) in [6, 6.07) is 16.9. The van der Waals surface area contributed by atoms with E-state index in [4.69, 9.17) is 0 Å². The van der Waals surface area contributed by atoms with Crippen LogP contribution in [0.5, 0.6) is 0 Å². The lowest BCUT2D eigenvalue weighted by molar-refractivity contribution is -0.119. The molecule has 1 heterocycles. The number of nitrogens with zero attached hydrogens (tertiary/aromatic N) is 1. The van der Waals surface area contributed by atoms with Crippen molar-refractivity contribution < 1.29 is 9.59 Å². The number of anilines is 1. The Bertz CT molecular complexity index is 825. The lowest BCUT2D eigenvalue weighted by Crippen LogP contribution is -2.31. The van der Waals surface area contributed by atoms with Gasteiger partial charge in [-0.1, -0.05) is 56.3 Å². The van der Waals surface area contributed by atoms with Crippen LogP contribution in [0.15, 0.2) is 59.5 Å².